The van der Waals surface area contributed by atoms with E-state index in [2.05, 4.69) is 4.98 Å². The van der Waals surface area contributed by atoms with Crippen LogP contribution < -0.4 is 0 Å². The summed E-state index contributed by atoms with van der Waals surface area (Å²) in [5, 5.41) is 0. The van der Waals surface area contributed by atoms with Gasteiger partial charge in [0.2, 0.25) is 0 Å². The SMILES string of the molecule is CCOC(=O)C1=CC[C@]23c4cccnc4C(=O)[C@H]1[C@H]2CCCN3C(=O)OCc1ccccc1. The second kappa shape index (κ2) is 8.46. The predicted molar refractivity (Wildman–Crippen MR) is 119 cm³/mol. The molecule has 1 saturated heterocycles. The van der Waals surface area contributed by atoms with Crippen molar-refractivity contribution in [2.24, 2.45) is 11.8 Å². The molecule has 0 spiro atoms. The van der Waals surface area contributed by atoms with Crippen LogP contribution in [0, 0.1) is 11.8 Å². The number of likely N-dealkylation sites (tertiary alicyclic amines) is 1. The number of ether oxygens (including phenoxy) is 2. The van der Waals surface area contributed by atoms with Crippen LogP contribution in [0.2, 0.25) is 0 Å². The number of carbonyl (C=O) groups is 3. The lowest BCUT2D eigenvalue weighted by atomic mass is 9.55. The molecule has 1 amide bonds. The van der Waals surface area contributed by atoms with Gasteiger partial charge in [0.15, 0.2) is 5.78 Å². The molecule has 2 heterocycles. The van der Waals surface area contributed by atoms with Gasteiger partial charge in [0.05, 0.1) is 18.1 Å². The van der Waals surface area contributed by atoms with E-state index in [9.17, 15) is 14.4 Å². The summed E-state index contributed by atoms with van der Waals surface area (Å²) in [6.45, 7) is 2.67. The Hall–Kier alpha value is -3.48. The number of Topliss-reactive ketones (excluding diaryl/α,β-unsaturated/α-hetero) is 1. The van der Waals surface area contributed by atoms with Crippen molar-refractivity contribution in [3.05, 3.63) is 77.1 Å². The molecule has 170 valence electrons. The number of hydrogen-bond donors (Lipinski definition) is 0. The van der Waals surface area contributed by atoms with Crippen LogP contribution in [-0.2, 0) is 26.4 Å². The molecule has 1 fully saturated rings. The standard InChI is InChI=1S/C26H26N2O5/c1-2-32-24(30)18-12-13-26-19(21(18)23(29)22-20(26)10-6-14-27-22)11-7-15-28(26)25(31)33-16-17-8-4-3-5-9-17/h3-6,8-10,12,14,19,21H,2,7,11,13,15-16H2,1H3/t19-,21-,26-/m1/s1. The molecule has 0 radical (unpaired) electrons. The molecule has 3 aliphatic rings. The number of aromatic nitrogens is 1. The molecular weight excluding hydrogens is 420 g/mol. The molecule has 1 aromatic heterocycles. The van der Waals surface area contributed by atoms with Gasteiger partial charge in [0.1, 0.15) is 12.3 Å². The van der Waals surface area contributed by atoms with Crippen LogP contribution in [0.1, 0.15) is 47.8 Å². The fraction of sp³-hybridized carbons (Fsp3) is 0.385. The van der Waals surface area contributed by atoms with Crippen molar-refractivity contribution >= 4 is 17.8 Å². The van der Waals surface area contributed by atoms with Crippen LogP contribution in [0.5, 0.6) is 0 Å². The minimum atomic E-state index is -0.774. The molecule has 1 aliphatic heterocycles. The maximum atomic E-state index is 13.5. The largest absolute Gasteiger partial charge is 0.463 e. The van der Waals surface area contributed by atoms with Gasteiger partial charge in [-0.25, -0.2) is 9.59 Å². The first-order chi connectivity index (χ1) is 16.1. The Morgan fingerprint density at radius 3 is 2.76 bits per heavy atom. The molecule has 0 N–H and O–H groups in total. The molecule has 2 bridgehead atoms. The average molecular weight is 447 g/mol. The van der Waals surface area contributed by atoms with Crippen molar-refractivity contribution in [3.8, 4) is 0 Å². The Morgan fingerprint density at radius 2 is 1.97 bits per heavy atom. The number of pyridine rings is 1. The van der Waals surface area contributed by atoms with E-state index in [0.717, 1.165) is 24.0 Å². The van der Waals surface area contributed by atoms with Gasteiger partial charge in [-0.05, 0) is 37.8 Å². The minimum Gasteiger partial charge on any atom is -0.463 e. The monoisotopic (exact) mass is 446 g/mol. The lowest BCUT2D eigenvalue weighted by Gasteiger charge is -2.57. The number of carbonyl (C=O) groups excluding carboxylic acids is 3. The lowest BCUT2D eigenvalue weighted by molar-refractivity contribution is -0.140. The Morgan fingerprint density at radius 1 is 1.15 bits per heavy atom. The first kappa shape index (κ1) is 21.4. The molecule has 2 aliphatic carbocycles. The van der Waals surface area contributed by atoms with E-state index in [0.29, 0.717) is 24.2 Å². The van der Waals surface area contributed by atoms with Crippen LogP contribution in [0.25, 0.3) is 0 Å². The van der Waals surface area contributed by atoms with Crippen LogP contribution in [0.4, 0.5) is 4.79 Å². The highest BCUT2D eigenvalue weighted by Gasteiger charge is 2.61. The Labute approximate surface area is 192 Å². The number of benzene rings is 1. The maximum Gasteiger partial charge on any atom is 0.410 e. The highest BCUT2D eigenvalue weighted by molar-refractivity contribution is 6.07. The molecular formula is C26H26N2O5. The molecule has 0 unspecified atom stereocenters. The van der Waals surface area contributed by atoms with Gasteiger partial charge >= 0.3 is 12.1 Å². The third-order valence-corrected chi connectivity index (χ3v) is 7.09. The van der Waals surface area contributed by atoms with Crippen molar-refractivity contribution in [1.82, 2.24) is 9.88 Å². The smallest absolute Gasteiger partial charge is 0.410 e. The normalized spacial score (nSPS) is 25.4. The van der Waals surface area contributed by atoms with Gasteiger partial charge in [-0.15, -0.1) is 0 Å². The predicted octanol–water partition coefficient (Wildman–Crippen LogP) is 4.03. The number of rotatable bonds is 4. The summed E-state index contributed by atoms with van der Waals surface area (Å²) < 4.78 is 11.0. The molecule has 33 heavy (non-hydrogen) atoms. The minimum absolute atomic E-state index is 0.170. The van der Waals surface area contributed by atoms with Gasteiger partial charge in [-0.1, -0.05) is 42.5 Å². The zero-order valence-corrected chi connectivity index (χ0v) is 18.5. The molecule has 5 rings (SSSR count). The Bertz CT molecular complexity index is 1130. The summed E-state index contributed by atoms with van der Waals surface area (Å²) in [6, 6.07) is 13.2. The van der Waals surface area contributed by atoms with E-state index in [-0.39, 0.29) is 24.9 Å². The van der Waals surface area contributed by atoms with Gasteiger partial charge in [0, 0.05) is 29.8 Å². The van der Waals surface area contributed by atoms with Gasteiger partial charge in [-0.3, -0.25) is 14.7 Å². The number of piperidine rings is 1. The van der Waals surface area contributed by atoms with Crippen LogP contribution in [0.15, 0.2) is 60.3 Å². The van der Waals surface area contributed by atoms with Crippen LogP contribution in [0.3, 0.4) is 0 Å². The van der Waals surface area contributed by atoms with E-state index < -0.39 is 23.5 Å². The second-order valence-corrected chi connectivity index (χ2v) is 8.69. The van der Waals surface area contributed by atoms with E-state index >= 15 is 0 Å². The summed E-state index contributed by atoms with van der Waals surface area (Å²) in [6.07, 6.45) is 4.81. The van der Waals surface area contributed by atoms with Crippen LogP contribution in [-0.4, -0.2) is 40.9 Å². The van der Waals surface area contributed by atoms with E-state index in [1.54, 1.807) is 30.2 Å². The topological polar surface area (TPSA) is 85.8 Å². The Balaban J connectivity index is 1.56. The fourth-order valence-electron chi connectivity index (χ4n) is 5.77. The molecule has 3 atom stereocenters. The zero-order chi connectivity index (χ0) is 23.0. The Kier molecular flexibility index (Phi) is 5.48. The highest BCUT2D eigenvalue weighted by atomic mass is 16.6. The third kappa shape index (κ3) is 3.34. The summed E-state index contributed by atoms with van der Waals surface area (Å²) in [5.41, 5.74) is 1.59. The summed E-state index contributed by atoms with van der Waals surface area (Å²) >= 11 is 0. The quantitative estimate of drug-likeness (QED) is 0.659. The molecule has 7 heteroatoms. The van der Waals surface area contributed by atoms with E-state index in [1.165, 1.54) is 0 Å². The molecule has 0 saturated carbocycles. The summed E-state index contributed by atoms with van der Waals surface area (Å²) in [5.74, 6) is -1.55. The summed E-state index contributed by atoms with van der Waals surface area (Å²) in [4.78, 5) is 45.8. The number of esters is 1. The van der Waals surface area contributed by atoms with Gasteiger partial charge in [-0.2, -0.15) is 0 Å². The van der Waals surface area contributed by atoms with Crippen molar-refractivity contribution in [1.29, 1.82) is 0 Å². The van der Waals surface area contributed by atoms with Crippen molar-refractivity contribution in [2.75, 3.05) is 13.2 Å². The average Bonchev–Trinajstić information content (AvgIpc) is 2.85. The maximum absolute atomic E-state index is 13.5. The van der Waals surface area contributed by atoms with Crippen molar-refractivity contribution in [2.45, 2.75) is 38.3 Å². The van der Waals surface area contributed by atoms with Gasteiger partial charge < -0.3 is 9.47 Å². The number of amides is 1. The zero-order valence-electron chi connectivity index (χ0n) is 18.5. The second-order valence-electron chi connectivity index (χ2n) is 8.69. The first-order valence-corrected chi connectivity index (χ1v) is 11.4. The summed E-state index contributed by atoms with van der Waals surface area (Å²) in [7, 11) is 0. The number of hydrogen-bond acceptors (Lipinski definition) is 6. The molecule has 7 nitrogen and oxygen atoms in total. The molecule has 1 aromatic carbocycles. The van der Waals surface area contributed by atoms with Crippen LogP contribution >= 0.6 is 0 Å². The number of fused-ring (bicyclic) bond motifs is 1. The van der Waals surface area contributed by atoms with Crippen molar-refractivity contribution < 1.29 is 23.9 Å². The molecule has 2 aromatic rings. The van der Waals surface area contributed by atoms with E-state index in [1.807, 2.05) is 36.4 Å². The first-order valence-electron chi connectivity index (χ1n) is 11.4. The van der Waals surface area contributed by atoms with E-state index in [4.69, 9.17) is 9.47 Å². The third-order valence-electron chi connectivity index (χ3n) is 7.09. The highest BCUT2D eigenvalue weighted by Crippen LogP contribution is 2.57. The number of ketones is 1. The van der Waals surface area contributed by atoms with Gasteiger partial charge in [0.25, 0.3) is 0 Å². The lowest BCUT2D eigenvalue weighted by Crippen LogP contribution is -2.64. The van der Waals surface area contributed by atoms with Crippen molar-refractivity contribution in [3.63, 3.8) is 0 Å². The fourth-order valence-corrected chi connectivity index (χ4v) is 5.77. The number of nitrogens with zero attached hydrogens (tertiary/aromatic N) is 2.